The van der Waals surface area contributed by atoms with Gasteiger partial charge in [0.1, 0.15) is 17.7 Å². The predicted octanol–water partition coefficient (Wildman–Crippen LogP) is 4.01. The minimum absolute atomic E-state index is 0.0314. The fourth-order valence-corrected chi connectivity index (χ4v) is 2.32. The fraction of sp³-hybridized carbons (Fsp3) is 0.222. The molecule has 0 aliphatic rings. The summed E-state index contributed by atoms with van der Waals surface area (Å²) in [6, 6.07) is 7.92. The Balaban J connectivity index is 2.12. The summed E-state index contributed by atoms with van der Waals surface area (Å²) < 4.78 is 26.8. The summed E-state index contributed by atoms with van der Waals surface area (Å²) in [6.45, 7) is 3.49. The summed E-state index contributed by atoms with van der Waals surface area (Å²) >= 11 is 5.68. The first-order valence-corrected chi connectivity index (χ1v) is 7.98. The lowest BCUT2D eigenvalue weighted by Gasteiger charge is -2.22. The van der Waals surface area contributed by atoms with E-state index >= 15 is 0 Å². The molecular weight excluding hydrogens is 350 g/mol. The Hall–Kier alpha value is -2.47. The maximum atomic E-state index is 13.8. The standard InChI is InChI=1S/C18H17ClF2N2O2/c1-10(2)16(23-17(24)11-3-6-13(20)7-4-11)18(25)22-15-8-5-12(19)9-14(15)21/h3-10,16H,1-2H3,(H,22,25)(H,23,24)/t16-/m0/s1. The Kier molecular flexibility index (Phi) is 6.09. The highest BCUT2D eigenvalue weighted by molar-refractivity contribution is 6.30. The molecule has 132 valence electrons. The first kappa shape index (κ1) is 18.9. The van der Waals surface area contributed by atoms with E-state index in [-0.39, 0.29) is 22.2 Å². The van der Waals surface area contributed by atoms with Crippen LogP contribution in [0.25, 0.3) is 0 Å². The van der Waals surface area contributed by atoms with Crippen molar-refractivity contribution in [3.8, 4) is 0 Å². The van der Waals surface area contributed by atoms with Gasteiger partial charge in [0.05, 0.1) is 5.69 Å². The Bertz CT molecular complexity index is 779. The first-order valence-electron chi connectivity index (χ1n) is 7.60. The summed E-state index contributed by atoms with van der Waals surface area (Å²) in [6.07, 6.45) is 0. The molecule has 4 nitrogen and oxygen atoms in total. The van der Waals surface area contributed by atoms with E-state index in [2.05, 4.69) is 10.6 Å². The molecule has 7 heteroatoms. The van der Waals surface area contributed by atoms with Crippen molar-refractivity contribution in [2.75, 3.05) is 5.32 Å². The van der Waals surface area contributed by atoms with Gasteiger partial charge in [-0.05, 0) is 48.4 Å². The molecule has 1 atom stereocenters. The van der Waals surface area contributed by atoms with Crippen LogP contribution in [0.2, 0.25) is 5.02 Å². The minimum Gasteiger partial charge on any atom is -0.340 e. The average Bonchev–Trinajstić information content (AvgIpc) is 2.55. The van der Waals surface area contributed by atoms with Gasteiger partial charge in [-0.3, -0.25) is 9.59 Å². The van der Waals surface area contributed by atoms with E-state index < -0.39 is 29.5 Å². The third kappa shape index (κ3) is 5.00. The van der Waals surface area contributed by atoms with Crippen molar-refractivity contribution in [2.45, 2.75) is 19.9 Å². The van der Waals surface area contributed by atoms with Crippen LogP contribution in [0.5, 0.6) is 0 Å². The Morgan fingerprint density at radius 2 is 1.68 bits per heavy atom. The molecule has 0 saturated carbocycles. The van der Waals surface area contributed by atoms with E-state index in [1.165, 1.54) is 24.3 Å². The van der Waals surface area contributed by atoms with Crippen LogP contribution < -0.4 is 10.6 Å². The highest BCUT2D eigenvalue weighted by Crippen LogP contribution is 2.19. The molecule has 0 bridgehead atoms. The van der Waals surface area contributed by atoms with Crippen molar-refractivity contribution < 1.29 is 18.4 Å². The highest BCUT2D eigenvalue weighted by Gasteiger charge is 2.25. The molecule has 0 unspecified atom stereocenters. The molecule has 2 aromatic carbocycles. The van der Waals surface area contributed by atoms with E-state index in [0.29, 0.717) is 0 Å². The summed E-state index contributed by atoms with van der Waals surface area (Å²) in [7, 11) is 0. The number of carbonyl (C=O) groups excluding carboxylic acids is 2. The second-order valence-electron chi connectivity index (χ2n) is 5.82. The van der Waals surface area contributed by atoms with Crippen LogP contribution in [0.15, 0.2) is 42.5 Å². The summed E-state index contributed by atoms with van der Waals surface area (Å²) in [5.74, 6) is -2.47. The van der Waals surface area contributed by atoms with E-state index in [4.69, 9.17) is 11.6 Å². The molecule has 0 aromatic heterocycles. The molecule has 0 aliphatic carbocycles. The molecule has 2 amide bonds. The molecule has 2 aromatic rings. The smallest absolute Gasteiger partial charge is 0.251 e. The number of benzene rings is 2. The van der Waals surface area contributed by atoms with Crippen molar-refractivity contribution in [1.29, 1.82) is 0 Å². The normalized spacial score (nSPS) is 11.9. The quantitative estimate of drug-likeness (QED) is 0.840. The van der Waals surface area contributed by atoms with Crippen molar-refractivity contribution in [3.05, 3.63) is 64.7 Å². The molecule has 0 spiro atoms. The monoisotopic (exact) mass is 366 g/mol. The van der Waals surface area contributed by atoms with Gasteiger partial charge < -0.3 is 10.6 Å². The average molecular weight is 367 g/mol. The van der Waals surface area contributed by atoms with Gasteiger partial charge in [-0.1, -0.05) is 25.4 Å². The van der Waals surface area contributed by atoms with Gasteiger partial charge in [0.25, 0.3) is 5.91 Å². The molecule has 25 heavy (non-hydrogen) atoms. The highest BCUT2D eigenvalue weighted by atomic mass is 35.5. The van der Waals surface area contributed by atoms with Crippen LogP contribution >= 0.6 is 11.6 Å². The summed E-state index contributed by atoms with van der Waals surface area (Å²) in [5.41, 5.74) is 0.189. The van der Waals surface area contributed by atoms with Gasteiger partial charge in [-0.15, -0.1) is 0 Å². The molecule has 0 saturated heterocycles. The summed E-state index contributed by atoms with van der Waals surface area (Å²) in [5, 5.41) is 5.23. The number of amides is 2. The van der Waals surface area contributed by atoms with Gasteiger partial charge in [0.15, 0.2) is 0 Å². The van der Waals surface area contributed by atoms with Crippen LogP contribution in [0.4, 0.5) is 14.5 Å². The molecule has 2 rings (SSSR count). The number of halogens is 3. The number of anilines is 1. The zero-order valence-corrected chi connectivity index (χ0v) is 14.4. The van der Waals surface area contributed by atoms with Gasteiger partial charge in [-0.2, -0.15) is 0 Å². The maximum absolute atomic E-state index is 13.8. The van der Waals surface area contributed by atoms with Crippen LogP contribution in [0.1, 0.15) is 24.2 Å². The maximum Gasteiger partial charge on any atom is 0.251 e. The molecule has 0 radical (unpaired) electrons. The first-order chi connectivity index (χ1) is 11.8. The van der Waals surface area contributed by atoms with E-state index in [9.17, 15) is 18.4 Å². The molecule has 0 aliphatic heterocycles. The van der Waals surface area contributed by atoms with Crippen molar-refractivity contribution >= 4 is 29.1 Å². The Morgan fingerprint density at radius 3 is 2.24 bits per heavy atom. The second kappa shape index (κ2) is 8.07. The van der Waals surface area contributed by atoms with Crippen LogP contribution in [0, 0.1) is 17.6 Å². The van der Waals surface area contributed by atoms with E-state index in [1.54, 1.807) is 13.8 Å². The van der Waals surface area contributed by atoms with Crippen LogP contribution in [-0.2, 0) is 4.79 Å². The van der Waals surface area contributed by atoms with Crippen molar-refractivity contribution in [1.82, 2.24) is 5.32 Å². The number of hydrogen-bond acceptors (Lipinski definition) is 2. The number of carbonyl (C=O) groups is 2. The lowest BCUT2D eigenvalue weighted by Crippen LogP contribution is -2.47. The molecule has 0 heterocycles. The van der Waals surface area contributed by atoms with Crippen LogP contribution in [-0.4, -0.2) is 17.9 Å². The summed E-state index contributed by atoms with van der Waals surface area (Å²) in [4.78, 5) is 24.7. The minimum atomic E-state index is -0.896. The SMILES string of the molecule is CC(C)[C@H](NC(=O)c1ccc(F)cc1)C(=O)Nc1ccc(Cl)cc1F. The van der Waals surface area contributed by atoms with Crippen LogP contribution in [0.3, 0.4) is 0 Å². The van der Waals surface area contributed by atoms with E-state index in [0.717, 1.165) is 18.2 Å². The topological polar surface area (TPSA) is 58.2 Å². The number of nitrogens with one attached hydrogen (secondary N) is 2. The fourth-order valence-electron chi connectivity index (χ4n) is 2.16. The molecular formula is C18H17ClF2N2O2. The number of hydrogen-bond donors (Lipinski definition) is 2. The molecule has 2 N–H and O–H groups in total. The van der Waals surface area contributed by atoms with Crippen molar-refractivity contribution in [3.63, 3.8) is 0 Å². The van der Waals surface area contributed by atoms with Crippen molar-refractivity contribution in [2.24, 2.45) is 5.92 Å². The van der Waals surface area contributed by atoms with Gasteiger partial charge in [0, 0.05) is 10.6 Å². The molecule has 0 fully saturated rings. The zero-order valence-electron chi connectivity index (χ0n) is 13.6. The zero-order chi connectivity index (χ0) is 18.6. The Morgan fingerprint density at radius 1 is 1.04 bits per heavy atom. The number of rotatable bonds is 5. The lowest BCUT2D eigenvalue weighted by molar-refractivity contribution is -0.118. The predicted molar refractivity (Wildman–Crippen MR) is 92.5 cm³/mol. The Labute approximate surface area is 149 Å². The largest absolute Gasteiger partial charge is 0.340 e. The van der Waals surface area contributed by atoms with Gasteiger partial charge >= 0.3 is 0 Å². The van der Waals surface area contributed by atoms with E-state index in [1.807, 2.05) is 0 Å². The van der Waals surface area contributed by atoms with Gasteiger partial charge in [-0.25, -0.2) is 8.78 Å². The third-order valence-electron chi connectivity index (χ3n) is 3.53. The second-order valence-corrected chi connectivity index (χ2v) is 6.25. The third-order valence-corrected chi connectivity index (χ3v) is 3.77. The lowest BCUT2D eigenvalue weighted by atomic mass is 10.0. The van der Waals surface area contributed by atoms with Gasteiger partial charge in [0.2, 0.25) is 5.91 Å².